The summed E-state index contributed by atoms with van der Waals surface area (Å²) in [5.41, 5.74) is 1.25. The van der Waals surface area contributed by atoms with E-state index in [1.807, 2.05) is 30.3 Å². The molecule has 0 fully saturated rings. The highest BCUT2D eigenvalue weighted by Crippen LogP contribution is 2.25. The number of carboxylic acids is 1. The molecule has 2 N–H and O–H groups in total. The molecule has 0 saturated carbocycles. The van der Waals surface area contributed by atoms with E-state index >= 15 is 0 Å². The van der Waals surface area contributed by atoms with Crippen LogP contribution in [0, 0.1) is 5.92 Å². The van der Waals surface area contributed by atoms with Crippen LogP contribution in [0.2, 0.25) is 0 Å². The lowest BCUT2D eigenvalue weighted by Crippen LogP contribution is -2.16. The number of carboxylic acid groups (broad SMARTS) is 1. The summed E-state index contributed by atoms with van der Waals surface area (Å²) in [6.45, 7) is 0. The fourth-order valence-electron chi connectivity index (χ4n) is 2.21. The maximum absolute atomic E-state index is 11.4. The summed E-state index contributed by atoms with van der Waals surface area (Å²) >= 11 is 1.52. The zero-order chi connectivity index (χ0) is 15.8. The molecule has 1 atom stereocenters. The van der Waals surface area contributed by atoms with Crippen molar-refractivity contribution in [3.63, 3.8) is 0 Å². The summed E-state index contributed by atoms with van der Waals surface area (Å²) in [7, 11) is 0. The van der Waals surface area contributed by atoms with Crippen molar-refractivity contribution in [1.29, 1.82) is 0 Å². The second-order valence-corrected chi connectivity index (χ2v) is 6.31. The topological polar surface area (TPSA) is 57.5 Å². The Balaban J connectivity index is 1.79. The second kappa shape index (κ2) is 8.49. The minimum Gasteiger partial charge on any atom is -0.508 e. The summed E-state index contributed by atoms with van der Waals surface area (Å²) in [4.78, 5) is 12.3. The highest BCUT2D eigenvalue weighted by Gasteiger charge is 2.17. The Morgan fingerprint density at radius 3 is 2.36 bits per heavy atom. The van der Waals surface area contributed by atoms with Gasteiger partial charge in [0, 0.05) is 10.6 Å². The highest BCUT2D eigenvalue weighted by molar-refractivity contribution is 7.99. The number of hydrogen-bond acceptors (Lipinski definition) is 3. The van der Waals surface area contributed by atoms with Gasteiger partial charge in [-0.2, -0.15) is 0 Å². The number of phenolic OH excluding ortho intramolecular Hbond substituents is 1. The van der Waals surface area contributed by atoms with Crippen molar-refractivity contribution < 1.29 is 15.0 Å². The van der Waals surface area contributed by atoms with E-state index in [1.165, 1.54) is 17.3 Å². The first-order valence-corrected chi connectivity index (χ1v) is 8.32. The molecule has 0 aliphatic carbocycles. The molecule has 0 amide bonds. The fourth-order valence-corrected chi connectivity index (χ4v) is 3.25. The van der Waals surface area contributed by atoms with Crippen LogP contribution in [0.1, 0.15) is 18.4 Å². The van der Waals surface area contributed by atoms with Crippen LogP contribution in [0.15, 0.2) is 59.5 Å². The van der Waals surface area contributed by atoms with Crippen LogP contribution in [0.5, 0.6) is 5.75 Å². The Morgan fingerprint density at radius 1 is 1.05 bits per heavy atom. The second-order valence-electron chi connectivity index (χ2n) is 5.22. The zero-order valence-electron chi connectivity index (χ0n) is 12.3. The molecule has 22 heavy (non-hydrogen) atoms. The molecule has 0 heterocycles. The summed E-state index contributed by atoms with van der Waals surface area (Å²) < 4.78 is 0. The largest absolute Gasteiger partial charge is 0.508 e. The first-order valence-electron chi connectivity index (χ1n) is 7.33. The van der Waals surface area contributed by atoms with Gasteiger partial charge in [-0.15, -0.1) is 11.8 Å². The molecule has 2 rings (SSSR count). The van der Waals surface area contributed by atoms with E-state index in [-0.39, 0.29) is 11.7 Å². The van der Waals surface area contributed by atoms with E-state index in [0.717, 1.165) is 17.7 Å². The maximum Gasteiger partial charge on any atom is 0.307 e. The normalized spacial score (nSPS) is 12.0. The third kappa shape index (κ3) is 5.45. The standard InChI is InChI=1S/C18H20O3S/c19-16-9-11-17(12-10-16)22-13-15(18(20)21)8-4-7-14-5-2-1-3-6-14/h1-3,5-6,9-12,15,19H,4,7-8,13H2,(H,20,21). The molecule has 116 valence electrons. The van der Waals surface area contributed by atoms with E-state index in [1.54, 1.807) is 12.1 Å². The van der Waals surface area contributed by atoms with Gasteiger partial charge in [-0.1, -0.05) is 30.3 Å². The number of aryl methyl sites for hydroxylation is 1. The number of hydrogen-bond donors (Lipinski definition) is 2. The quantitative estimate of drug-likeness (QED) is 0.716. The lowest BCUT2D eigenvalue weighted by Gasteiger charge is -2.12. The van der Waals surface area contributed by atoms with Crippen molar-refractivity contribution in [2.75, 3.05) is 5.75 Å². The Hall–Kier alpha value is -1.94. The molecule has 2 aromatic carbocycles. The lowest BCUT2D eigenvalue weighted by molar-refractivity contribution is -0.141. The van der Waals surface area contributed by atoms with Crippen LogP contribution in [0.4, 0.5) is 0 Å². The molecular weight excluding hydrogens is 296 g/mol. The lowest BCUT2D eigenvalue weighted by atomic mass is 10.0. The number of rotatable bonds is 8. The molecule has 0 aliphatic rings. The van der Waals surface area contributed by atoms with Crippen LogP contribution in [0.3, 0.4) is 0 Å². The molecule has 3 nitrogen and oxygen atoms in total. The maximum atomic E-state index is 11.4. The van der Waals surface area contributed by atoms with E-state index in [4.69, 9.17) is 0 Å². The van der Waals surface area contributed by atoms with Crippen molar-refractivity contribution in [2.45, 2.75) is 24.2 Å². The van der Waals surface area contributed by atoms with Crippen LogP contribution >= 0.6 is 11.8 Å². The SMILES string of the molecule is O=C(O)C(CCCc1ccccc1)CSc1ccc(O)cc1. The summed E-state index contributed by atoms with van der Waals surface area (Å²) in [5, 5.41) is 18.6. The van der Waals surface area contributed by atoms with Crippen molar-refractivity contribution >= 4 is 17.7 Å². The number of aliphatic carboxylic acids is 1. The summed E-state index contributed by atoms with van der Waals surface area (Å²) in [6.07, 6.45) is 2.46. The molecule has 0 saturated heterocycles. The van der Waals surface area contributed by atoms with Gasteiger partial charge in [0.25, 0.3) is 0 Å². The zero-order valence-corrected chi connectivity index (χ0v) is 13.1. The van der Waals surface area contributed by atoms with Gasteiger partial charge in [-0.25, -0.2) is 0 Å². The minimum absolute atomic E-state index is 0.224. The van der Waals surface area contributed by atoms with E-state index < -0.39 is 5.97 Å². The molecule has 2 aromatic rings. The van der Waals surface area contributed by atoms with Gasteiger partial charge in [0.2, 0.25) is 0 Å². The van der Waals surface area contributed by atoms with E-state index in [9.17, 15) is 15.0 Å². The monoisotopic (exact) mass is 316 g/mol. The number of phenols is 1. The average molecular weight is 316 g/mol. The number of carbonyl (C=O) groups is 1. The van der Waals surface area contributed by atoms with Crippen molar-refractivity contribution in [2.24, 2.45) is 5.92 Å². The first-order chi connectivity index (χ1) is 10.6. The number of benzene rings is 2. The molecule has 4 heteroatoms. The molecule has 0 aliphatic heterocycles. The minimum atomic E-state index is -0.737. The Bertz CT molecular complexity index is 581. The van der Waals surface area contributed by atoms with Crippen LogP contribution in [-0.2, 0) is 11.2 Å². The molecule has 0 aromatic heterocycles. The van der Waals surface area contributed by atoms with Gasteiger partial charge >= 0.3 is 5.97 Å². The molecule has 0 spiro atoms. The van der Waals surface area contributed by atoms with Gasteiger partial charge in [0.1, 0.15) is 5.75 Å². The Labute approximate surface area is 135 Å². The van der Waals surface area contributed by atoms with Crippen LogP contribution in [0.25, 0.3) is 0 Å². The molecular formula is C18H20O3S. The third-order valence-corrected chi connectivity index (χ3v) is 4.67. The first kappa shape index (κ1) is 16.4. The van der Waals surface area contributed by atoms with Crippen molar-refractivity contribution in [3.8, 4) is 5.75 Å². The van der Waals surface area contributed by atoms with Crippen molar-refractivity contribution in [1.82, 2.24) is 0 Å². The molecule has 0 bridgehead atoms. The summed E-state index contributed by atoms with van der Waals surface area (Å²) in [5.74, 6) is -0.307. The van der Waals surface area contributed by atoms with Gasteiger partial charge in [0.05, 0.1) is 5.92 Å². The van der Waals surface area contributed by atoms with Crippen molar-refractivity contribution in [3.05, 3.63) is 60.2 Å². The highest BCUT2D eigenvalue weighted by atomic mass is 32.2. The predicted octanol–water partition coefficient (Wildman–Crippen LogP) is 4.21. The predicted molar refractivity (Wildman–Crippen MR) is 89.3 cm³/mol. The summed E-state index contributed by atoms with van der Waals surface area (Å²) in [6, 6.07) is 17.0. The fraction of sp³-hybridized carbons (Fsp3) is 0.278. The third-order valence-electron chi connectivity index (χ3n) is 3.50. The van der Waals surface area contributed by atoms with Gasteiger partial charge in [0.15, 0.2) is 0 Å². The number of thioether (sulfide) groups is 1. The Kier molecular flexibility index (Phi) is 6.34. The van der Waals surface area contributed by atoms with Gasteiger partial charge < -0.3 is 10.2 Å². The van der Waals surface area contributed by atoms with Crippen LogP contribution < -0.4 is 0 Å². The smallest absolute Gasteiger partial charge is 0.307 e. The number of aromatic hydroxyl groups is 1. The molecule has 0 radical (unpaired) electrons. The Morgan fingerprint density at radius 2 is 1.73 bits per heavy atom. The van der Waals surface area contributed by atoms with Gasteiger partial charge in [-0.3, -0.25) is 4.79 Å². The average Bonchev–Trinajstić information content (AvgIpc) is 2.53. The van der Waals surface area contributed by atoms with Crippen LogP contribution in [-0.4, -0.2) is 21.9 Å². The van der Waals surface area contributed by atoms with Gasteiger partial charge in [-0.05, 0) is 49.1 Å². The van der Waals surface area contributed by atoms with E-state index in [2.05, 4.69) is 12.1 Å². The van der Waals surface area contributed by atoms with E-state index in [0.29, 0.717) is 12.2 Å². The molecule has 1 unspecified atom stereocenters.